The van der Waals surface area contributed by atoms with E-state index in [2.05, 4.69) is 21.6 Å². The summed E-state index contributed by atoms with van der Waals surface area (Å²) in [5, 5.41) is 10.4. The van der Waals surface area contributed by atoms with Crippen LogP contribution in [-0.2, 0) is 13.3 Å². The Kier molecular flexibility index (Phi) is 6.14. The third kappa shape index (κ3) is 8.33. The van der Waals surface area contributed by atoms with Crippen LogP contribution in [0, 0.1) is 0 Å². The fourth-order valence-corrected chi connectivity index (χ4v) is 1.26. The zero-order chi connectivity index (χ0) is 11.2. The highest BCUT2D eigenvalue weighted by Gasteiger charge is 2.17. The number of carboxylic acid groups (broad SMARTS) is 1. The van der Waals surface area contributed by atoms with Gasteiger partial charge in [-0.05, 0) is 12.9 Å². The molecule has 0 aromatic carbocycles. The molecule has 84 valence electrons. The molecule has 0 aliphatic rings. The number of hydrogen-bond acceptors (Lipinski definition) is 5. The Labute approximate surface area is 86.6 Å². The lowest BCUT2D eigenvalue weighted by Gasteiger charge is -2.16. The molecular formula is C5H12NO6PS. The minimum absolute atomic E-state index is 0.0601. The fourth-order valence-electron chi connectivity index (χ4n) is 0.624. The first-order valence-corrected chi connectivity index (χ1v) is 5.95. The highest BCUT2D eigenvalue weighted by atomic mass is 32.1. The molecule has 0 fully saturated rings. The van der Waals surface area contributed by atoms with Gasteiger partial charge in [0.25, 0.3) is 0 Å². The Morgan fingerprint density at radius 2 is 2.21 bits per heavy atom. The van der Waals surface area contributed by atoms with Gasteiger partial charge in [0.15, 0.2) is 0 Å². The molecule has 0 aliphatic heterocycles. The number of amides is 1. The van der Waals surface area contributed by atoms with Crippen LogP contribution in [-0.4, -0.2) is 42.0 Å². The highest BCUT2D eigenvalue weighted by molar-refractivity contribution is 7.75. The van der Waals surface area contributed by atoms with Crippen molar-refractivity contribution in [1.29, 1.82) is 0 Å². The van der Waals surface area contributed by atoms with Gasteiger partial charge in [0.2, 0.25) is 0 Å². The van der Waals surface area contributed by atoms with Crippen LogP contribution in [0.2, 0.25) is 0 Å². The second-order valence-corrected chi connectivity index (χ2v) is 4.66. The number of rotatable bonds is 6. The molecule has 0 spiro atoms. The van der Waals surface area contributed by atoms with E-state index in [1.165, 1.54) is 0 Å². The second kappa shape index (κ2) is 6.26. The van der Waals surface area contributed by atoms with Gasteiger partial charge in [-0.1, -0.05) is 0 Å². The van der Waals surface area contributed by atoms with Gasteiger partial charge in [-0.15, -0.1) is 0 Å². The zero-order valence-electron chi connectivity index (χ0n) is 7.41. The van der Waals surface area contributed by atoms with Crippen LogP contribution in [0.15, 0.2) is 0 Å². The molecule has 0 bridgehead atoms. The minimum atomic E-state index is -3.60. The molecule has 2 atom stereocenters. The summed E-state index contributed by atoms with van der Waals surface area (Å²) in [6.07, 6.45) is -1.27. The first-order chi connectivity index (χ1) is 6.35. The first kappa shape index (κ1) is 13.7. The van der Waals surface area contributed by atoms with E-state index in [1.807, 2.05) is 5.32 Å². The van der Waals surface area contributed by atoms with Crippen molar-refractivity contribution in [3.63, 3.8) is 0 Å². The lowest BCUT2D eigenvalue weighted by molar-refractivity contribution is 0.163. The van der Waals surface area contributed by atoms with E-state index in [4.69, 9.17) is 10.00 Å². The maximum Gasteiger partial charge on any atom is 0.405 e. The summed E-state index contributed by atoms with van der Waals surface area (Å²) < 4.78 is 19.6. The van der Waals surface area contributed by atoms with Crippen molar-refractivity contribution in [3.8, 4) is 0 Å². The monoisotopic (exact) mass is 245 g/mol. The molecular weight excluding hydrogens is 233 g/mol. The third-order valence-corrected chi connectivity index (χ3v) is 1.90. The minimum Gasteiger partial charge on any atom is -0.465 e. The predicted octanol–water partition coefficient (Wildman–Crippen LogP) is 0.316. The maximum absolute atomic E-state index is 10.7. The molecule has 0 saturated carbocycles. The van der Waals surface area contributed by atoms with E-state index in [0.717, 1.165) is 6.66 Å². The smallest absolute Gasteiger partial charge is 0.405 e. The van der Waals surface area contributed by atoms with E-state index >= 15 is 0 Å². The van der Waals surface area contributed by atoms with Gasteiger partial charge in [-0.25, -0.2) is 4.79 Å². The predicted molar refractivity (Wildman–Crippen MR) is 51.6 cm³/mol. The Balaban J connectivity index is 3.96. The third-order valence-electron chi connectivity index (χ3n) is 1.12. The second-order valence-electron chi connectivity index (χ2n) is 2.54. The molecule has 1 unspecified atom stereocenters. The summed E-state index contributed by atoms with van der Waals surface area (Å²) in [5.41, 5.74) is 0. The van der Waals surface area contributed by atoms with Crippen LogP contribution >= 0.6 is 20.5 Å². The van der Waals surface area contributed by atoms with Crippen LogP contribution in [0.3, 0.4) is 0 Å². The first-order valence-electron chi connectivity index (χ1n) is 3.56. The molecule has 9 heteroatoms. The Bertz CT molecular complexity index is 230. The van der Waals surface area contributed by atoms with Gasteiger partial charge < -0.3 is 24.0 Å². The SMILES string of the molecule is CP(=O)(O)OC[C@@H](COS)NC(=O)O. The van der Waals surface area contributed by atoms with Crippen molar-refractivity contribution >= 4 is 26.6 Å². The van der Waals surface area contributed by atoms with E-state index in [1.54, 1.807) is 0 Å². The number of thiol groups is 1. The average Bonchev–Trinajstić information content (AvgIpc) is 1.98. The lowest BCUT2D eigenvalue weighted by atomic mass is 10.3. The number of carbonyl (C=O) groups is 1. The largest absolute Gasteiger partial charge is 0.465 e. The summed E-state index contributed by atoms with van der Waals surface area (Å²) in [7, 11) is -3.60. The molecule has 0 radical (unpaired) electrons. The summed E-state index contributed by atoms with van der Waals surface area (Å²) in [4.78, 5) is 19.0. The van der Waals surface area contributed by atoms with Crippen molar-refractivity contribution in [2.45, 2.75) is 6.04 Å². The van der Waals surface area contributed by atoms with Crippen molar-refractivity contribution in [2.75, 3.05) is 19.9 Å². The van der Waals surface area contributed by atoms with Gasteiger partial charge in [-0.3, -0.25) is 4.57 Å². The van der Waals surface area contributed by atoms with Gasteiger partial charge in [-0.2, -0.15) is 0 Å². The van der Waals surface area contributed by atoms with E-state index in [0.29, 0.717) is 0 Å². The van der Waals surface area contributed by atoms with Gasteiger partial charge in [0, 0.05) is 6.66 Å². The van der Waals surface area contributed by atoms with Gasteiger partial charge in [0.1, 0.15) is 0 Å². The fraction of sp³-hybridized carbons (Fsp3) is 0.800. The van der Waals surface area contributed by atoms with Crippen LogP contribution in [0.4, 0.5) is 4.79 Å². The van der Waals surface area contributed by atoms with E-state index < -0.39 is 19.7 Å². The Morgan fingerprint density at radius 1 is 1.64 bits per heavy atom. The molecule has 3 N–H and O–H groups in total. The van der Waals surface area contributed by atoms with Gasteiger partial charge in [0.05, 0.1) is 19.3 Å². The van der Waals surface area contributed by atoms with Crippen LogP contribution < -0.4 is 5.32 Å². The molecule has 0 aliphatic carbocycles. The van der Waals surface area contributed by atoms with Crippen LogP contribution in [0.1, 0.15) is 0 Å². The Morgan fingerprint density at radius 3 is 2.57 bits per heavy atom. The zero-order valence-corrected chi connectivity index (χ0v) is 9.20. The molecule has 0 rings (SSSR count). The topological polar surface area (TPSA) is 105 Å². The van der Waals surface area contributed by atoms with Crippen molar-refractivity contribution in [2.24, 2.45) is 0 Å². The van der Waals surface area contributed by atoms with Crippen molar-refractivity contribution < 1.29 is 28.1 Å². The molecule has 0 saturated heterocycles. The van der Waals surface area contributed by atoms with Crippen molar-refractivity contribution in [1.82, 2.24) is 5.32 Å². The summed E-state index contributed by atoms with van der Waals surface area (Å²) >= 11 is 3.43. The molecule has 0 aromatic heterocycles. The summed E-state index contributed by atoms with van der Waals surface area (Å²) in [6.45, 7) is 0.693. The lowest BCUT2D eigenvalue weighted by Crippen LogP contribution is -2.39. The highest BCUT2D eigenvalue weighted by Crippen LogP contribution is 2.36. The standard InChI is InChI=1S/C5H12NO6PS/c1-13(9,10)11-2-4(3-12-14)6-5(7)8/h4,6,14H,2-3H2,1H3,(H,7,8)(H,9,10)/t4-/m0/s1. The molecule has 14 heavy (non-hydrogen) atoms. The summed E-state index contributed by atoms with van der Waals surface area (Å²) in [5.74, 6) is 0. The number of nitrogens with one attached hydrogen (secondary N) is 1. The molecule has 1 amide bonds. The van der Waals surface area contributed by atoms with Crippen LogP contribution in [0.25, 0.3) is 0 Å². The van der Waals surface area contributed by atoms with Crippen molar-refractivity contribution in [3.05, 3.63) is 0 Å². The Hall–Kier alpha value is -0.270. The number of hydrogen-bond donors (Lipinski definition) is 4. The average molecular weight is 245 g/mol. The van der Waals surface area contributed by atoms with E-state index in [9.17, 15) is 9.36 Å². The van der Waals surface area contributed by atoms with Crippen LogP contribution in [0.5, 0.6) is 0 Å². The molecule has 0 aromatic rings. The summed E-state index contributed by atoms with van der Waals surface area (Å²) in [6, 6.07) is -0.731. The molecule has 0 heterocycles. The van der Waals surface area contributed by atoms with E-state index in [-0.39, 0.29) is 13.2 Å². The quantitative estimate of drug-likeness (QED) is 0.305. The molecule has 7 nitrogen and oxygen atoms in total. The maximum atomic E-state index is 10.7. The van der Waals surface area contributed by atoms with Gasteiger partial charge >= 0.3 is 13.7 Å². The normalized spacial score (nSPS) is 17.1.